The van der Waals surface area contributed by atoms with Gasteiger partial charge in [-0.25, -0.2) is 0 Å². The fourth-order valence-electron chi connectivity index (χ4n) is 3.63. The van der Waals surface area contributed by atoms with Gasteiger partial charge in [0, 0.05) is 0 Å². The zero-order valence-corrected chi connectivity index (χ0v) is 14.0. The van der Waals surface area contributed by atoms with E-state index in [1.807, 2.05) is 36.4 Å². The summed E-state index contributed by atoms with van der Waals surface area (Å²) in [5.74, 6) is 0.443. The molecule has 1 aliphatic carbocycles. The van der Waals surface area contributed by atoms with Crippen LogP contribution in [0.2, 0.25) is 0 Å². The molecule has 2 aromatic carbocycles. The Kier molecular flexibility index (Phi) is 4.65. The molecule has 2 fully saturated rings. The minimum Gasteiger partial charge on any atom is -0.370 e. The van der Waals surface area contributed by atoms with E-state index in [-0.39, 0.29) is 18.3 Å². The van der Waals surface area contributed by atoms with Crippen molar-refractivity contribution in [2.45, 2.75) is 51.0 Å². The molecule has 0 amide bonds. The lowest BCUT2D eigenvalue weighted by molar-refractivity contribution is -0.120. The van der Waals surface area contributed by atoms with E-state index in [4.69, 9.17) is 14.2 Å². The van der Waals surface area contributed by atoms with Crippen LogP contribution in [0, 0.1) is 5.92 Å². The zero-order valence-electron chi connectivity index (χ0n) is 14.0. The monoisotopic (exact) mass is 324 g/mol. The minimum atomic E-state index is 0.0164. The summed E-state index contributed by atoms with van der Waals surface area (Å²) in [5, 5.41) is 0. The molecule has 1 aliphatic heterocycles. The molecular formula is C21H24O3. The topological polar surface area (TPSA) is 31.0 Å². The Morgan fingerprint density at radius 2 is 1.38 bits per heavy atom. The number of hydrogen-bond donors (Lipinski definition) is 0. The van der Waals surface area contributed by atoms with Crippen LogP contribution >= 0.6 is 0 Å². The number of ether oxygens (including phenoxy) is 3. The summed E-state index contributed by atoms with van der Waals surface area (Å²) in [6, 6.07) is 20.6. The number of hydrogen-bond acceptors (Lipinski definition) is 3. The van der Waals surface area contributed by atoms with Crippen molar-refractivity contribution < 1.29 is 14.2 Å². The molecule has 126 valence electrons. The number of rotatable bonds is 6. The first-order valence-electron chi connectivity index (χ1n) is 8.78. The second-order valence-corrected chi connectivity index (χ2v) is 6.87. The van der Waals surface area contributed by atoms with E-state index in [1.165, 1.54) is 11.1 Å². The van der Waals surface area contributed by atoms with E-state index in [0.29, 0.717) is 25.2 Å². The zero-order chi connectivity index (χ0) is 16.4. The van der Waals surface area contributed by atoms with Crippen molar-refractivity contribution in [2.24, 2.45) is 5.92 Å². The summed E-state index contributed by atoms with van der Waals surface area (Å²) >= 11 is 0. The molecule has 4 rings (SSSR count). The van der Waals surface area contributed by atoms with Crippen LogP contribution in [0.4, 0.5) is 0 Å². The van der Waals surface area contributed by atoms with Gasteiger partial charge < -0.3 is 14.2 Å². The van der Waals surface area contributed by atoms with E-state index in [0.717, 1.165) is 6.42 Å². The Labute approximate surface area is 143 Å². The second kappa shape index (κ2) is 7.06. The van der Waals surface area contributed by atoms with Gasteiger partial charge in [0.2, 0.25) is 0 Å². The van der Waals surface area contributed by atoms with Crippen LogP contribution in [0.5, 0.6) is 0 Å². The molecule has 1 saturated carbocycles. The number of benzene rings is 2. The molecule has 0 N–H and O–H groups in total. The van der Waals surface area contributed by atoms with Crippen molar-refractivity contribution in [3.8, 4) is 0 Å². The smallest absolute Gasteiger partial charge is 0.113 e. The fraction of sp³-hybridized carbons (Fsp3) is 0.429. The van der Waals surface area contributed by atoms with Gasteiger partial charge >= 0.3 is 0 Å². The molecule has 5 atom stereocenters. The van der Waals surface area contributed by atoms with Crippen LogP contribution in [-0.4, -0.2) is 24.4 Å². The molecule has 3 nitrogen and oxygen atoms in total. The first-order valence-corrected chi connectivity index (χ1v) is 8.78. The van der Waals surface area contributed by atoms with Crippen LogP contribution in [0.25, 0.3) is 0 Å². The summed E-state index contributed by atoms with van der Waals surface area (Å²) in [5.41, 5.74) is 2.39. The van der Waals surface area contributed by atoms with Gasteiger partial charge in [-0.2, -0.15) is 0 Å². The van der Waals surface area contributed by atoms with E-state index >= 15 is 0 Å². The van der Waals surface area contributed by atoms with Crippen LogP contribution in [-0.2, 0) is 27.4 Å². The van der Waals surface area contributed by atoms with Crippen LogP contribution < -0.4 is 0 Å². The molecule has 24 heavy (non-hydrogen) atoms. The first-order chi connectivity index (χ1) is 11.8. The highest BCUT2D eigenvalue weighted by Gasteiger charge is 2.55. The van der Waals surface area contributed by atoms with E-state index in [1.54, 1.807) is 0 Å². The van der Waals surface area contributed by atoms with Gasteiger partial charge in [0.15, 0.2) is 0 Å². The molecule has 1 saturated heterocycles. The van der Waals surface area contributed by atoms with E-state index in [9.17, 15) is 0 Å². The molecular weight excluding hydrogens is 300 g/mol. The molecule has 3 heteroatoms. The van der Waals surface area contributed by atoms with E-state index < -0.39 is 0 Å². The predicted octanol–water partition coefficient (Wildman–Crippen LogP) is 3.96. The largest absolute Gasteiger partial charge is 0.370 e. The molecule has 1 heterocycles. The molecule has 2 aromatic rings. The summed E-state index contributed by atoms with van der Waals surface area (Å²) in [4.78, 5) is 0. The van der Waals surface area contributed by atoms with Gasteiger partial charge in [-0.15, -0.1) is 0 Å². The quantitative estimate of drug-likeness (QED) is 0.754. The third-order valence-electron chi connectivity index (χ3n) is 5.00. The van der Waals surface area contributed by atoms with Gasteiger partial charge in [-0.1, -0.05) is 67.6 Å². The van der Waals surface area contributed by atoms with Crippen LogP contribution in [0.1, 0.15) is 24.5 Å². The van der Waals surface area contributed by atoms with Crippen molar-refractivity contribution in [3.63, 3.8) is 0 Å². The van der Waals surface area contributed by atoms with Gasteiger partial charge in [-0.3, -0.25) is 0 Å². The van der Waals surface area contributed by atoms with Crippen molar-refractivity contribution in [1.82, 2.24) is 0 Å². The van der Waals surface area contributed by atoms with Crippen molar-refractivity contribution in [1.29, 1.82) is 0 Å². The van der Waals surface area contributed by atoms with Crippen LogP contribution in [0.3, 0.4) is 0 Å². The Hall–Kier alpha value is -1.68. The average Bonchev–Trinajstić information content (AvgIpc) is 3.39. The lowest BCUT2D eigenvalue weighted by Crippen LogP contribution is -2.45. The third kappa shape index (κ3) is 3.54. The Morgan fingerprint density at radius 1 is 0.833 bits per heavy atom. The Morgan fingerprint density at radius 3 is 1.96 bits per heavy atom. The van der Waals surface area contributed by atoms with Gasteiger partial charge in [-0.05, 0) is 23.5 Å². The molecule has 2 aliphatic rings. The SMILES string of the molecule is C[C@@H]1C[C@H]2O[C@H]2[C@H](OCc2ccccc2)[C@@H]1OCc1ccccc1. The fourth-order valence-corrected chi connectivity index (χ4v) is 3.63. The highest BCUT2D eigenvalue weighted by atomic mass is 16.6. The first kappa shape index (κ1) is 15.8. The summed E-state index contributed by atoms with van der Waals surface area (Å²) in [6.45, 7) is 3.47. The Balaban J connectivity index is 1.41. The maximum atomic E-state index is 6.27. The standard InChI is InChI=1S/C21H24O3/c1-15-12-18-20(24-18)21(23-14-17-10-6-3-7-11-17)19(15)22-13-16-8-4-2-5-9-16/h2-11,15,18-21H,12-14H2,1H3/t15-,18-,19-,20-,21-/m1/s1. The second-order valence-electron chi connectivity index (χ2n) is 6.87. The number of epoxide rings is 1. The van der Waals surface area contributed by atoms with E-state index in [2.05, 4.69) is 31.2 Å². The van der Waals surface area contributed by atoms with Gasteiger partial charge in [0.25, 0.3) is 0 Å². The van der Waals surface area contributed by atoms with Crippen molar-refractivity contribution in [3.05, 3.63) is 71.8 Å². The lowest BCUT2D eigenvalue weighted by atomic mass is 9.85. The Bertz CT molecular complexity index is 599. The molecule has 0 unspecified atom stereocenters. The number of fused-ring (bicyclic) bond motifs is 1. The van der Waals surface area contributed by atoms with Gasteiger partial charge in [0.1, 0.15) is 12.2 Å². The van der Waals surface area contributed by atoms with Crippen molar-refractivity contribution in [2.75, 3.05) is 0 Å². The highest BCUT2D eigenvalue weighted by Crippen LogP contribution is 2.43. The maximum Gasteiger partial charge on any atom is 0.113 e. The maximum absolute atomic E-state index is 6.27. The molecule has 0 aromatic heterocycles. The minimum absolute atomic E-state index is 0.0164. The third-order valence-corrected chi connectivity index (χ3v) is 5.00. The highest BCUT2D eigenvalue weighted by molar-refractivity contribution is 5.15. The summed E-state index contributed by atoms with van der Waals surface area (Å²) < 4.78 is 18.3. The van der Waals surface area contributed by atoms with Crippen LogP contribution in [0.15, 0.2) is 60.7 Å². The lowest BCUT2D eigenvalue weighted by Gasteiger charge is -2.34. The summed E-state index contributed by atoms with van der Waals surface area (Å²) in [7, 11) is 0. The molecule has 0 bridgehead atoms. The molecule has 0 radical (unpaired) electrons. The van der Waals surface area contributed by atoms with Crippen molar-refractivity contribution >= 4 is 0 Å². The summed E-state index contributed by atoms with van der Waals surface area (Å²) in [6.07, 6.45) is 1.72. The predicted molar refractivity (Wildman–Crippen MR) is 92.5 cm³/mol. The van der Waals surface area contributed by atoms with Gasteiger partial charge in [0.05, 0.1) is 25.4 Å². The average molecular weight is 324 g/mol. The molecule has 0 spiro atoms. The normalized spacial score (nSPS) is 31.5.